The predicted molar refractivity (Wildman–Crippen MR) is 112 cm³/mol. The molecule has 30 heavy (non-hydrogen) atoms. The molecule has 2 fully saturated rings. The van der Waals surface area contributed by atoms with Gasteiger partial charge in [-0.15, -0.1) is 0 Å². The minimum Gasteiger partial charge on any atom is -0.504 e. The number of hydrogen-bond donors (Lipinski definition) is 2. The van der Waals surface area contributed by atoms with Crippen LogP contribution in [0.5, 0.6) is 11.5 Å². The molecule has 0 radical (unpaired) electrons. The summed E-state index contributed by atoms with van der Waals surface area (Å²) in [5.41, 5.74) is 0.702. The average Bonchev–Trinajstić information content (AvgIpc) is 3.56. The molecule has 7 nitrogen and oxygen atoms in total. The van der Waals surface area contributed by atoms with Gasteiger partial charge in [0.1, 0.15) is 5.41 Å². The molecule has 2 aliphatic rings. The summed E-state index contributed by atoms with van der Waals surface area (Å²) in [5.74, 6) is -0.817. The van der Waals surface area contributed by atoms with E-state index in [1.165, 1.54) is 7.11 Å². The first-order valence-electron chi connectivity index (χ1n) is 10.1. The molecular weight excluding hydrogens is 384 g/mol. The van der Waals surface area contributed by atoms with Crippen molar-refractivity contribution < 1.29 is 24.5 Å². The summed E-state index contributed by atoms with van der Waals surface area (Å²) in [6.07, 6.45) is 1.46. The van der Waals surface area contributed by atoms with Crippen LogP contribution in [0.25, 0.3) is 0 Å². The van der Waals surface area contributed by atoms with Crippen LogP contribution in [0, 0.1) is 5.41 Å². The van der Waals surface area contributed by atoms with Gasteiger partial charge in [-0.2, -0.15) is 0 Å². The second-order valence-corrected chi connectivity index (χ2v) is 8.03. The van der Waals surface area contributed by atoms with E-state index in [4.69, 9.17) is 4.74 Å². The molecule has 7 heteroatoms. The molecule has 1 atom stereocenters. The van der Waals surface area contributed by atoms with Crippen LogP contribution >= 0.6 is 0 Å². The van der Waals surface area contributed by atoms with E-state index < -0.39 is 11.4 Å². The van der Waals surface area contributed by atoms with E-state index in [1.807, 2.05) is 36.4 Å². The lowest BCUT2D eigenvalue weighted by Gasteiger charge is -2.43. The molecule has 0 aromatic heterocycles. The Morgan fingerprint density at radius 2 is 1.87 bits per heavy atom. The van der Waals surface area contributed by atoms with E-state index in [2.05, 4.69) is 4.90 Å². The molecule has 0 unspecified atom stereocenters. The SMILES string of the molecule is COc1ccc(N2CCN(C(=O)C3(C(=O)O)CC3)[C@@H](Cc3ccccc3)C2)cc1O. The van der Waals surface area contributed by atoms with Crippen molar-refractivity contribution in [1.82, 2.24) is 4.90 Å². The van der Waals surface area contributed by atoms with E-state index >= 15 is 0 Å². The van der Waals surface area contributed by atoms with Crippen LogP contribution in [0.1, 0.15) is 18.4 Å². The Morgan fingerprint density at radius 1 is 1.13 bits per heavy atom. The zero-order chi connectivity index (χ0) is 21.3. The Bertz CT molecular complexity index is 942. The first-order chi connectivity index (χ1) is 14.4. The van der Waals surface area contributed by atoms with Crippen molar-refractivity contribution in [3.8, 4) is 11.5 Å². The van der Waals surface area contributed by atoms with Crippen molar-refractivity contribution >= 4 is 17.6 Å². The van der Waals surface area contributed by atoms with Crippen LogP contribution in [0.2, 0.25) is 0 Å². The van der Waals surface area contributed by atoms with E-state index in [1.54, 1.807) is 17.0 Å². The van der Waals surface area contributed by atoms with Gasteiger partial charge in [-0.05, 0) is 37.0 Å². The second kappa shape index (κ2) is 7.89. The van der Waals surface area contributed by atoms with Gasteiger partial charge in [0.15, 0.2) is 11.5 Å². The number of phenols is 1. The highest BCUT2D eigenvalue weighted by atomic mass is 16.5. The Hall–Kier alpha value is -3.22. The summed E-state index contributed by atoms with van der Waals surface area (Å²) >= 11 is 0. The number of phenolic OH excluding ortho intramolecular Hbond substituents is 1. The summed E-state index contributed by atoms with van der Waals surface area (Å²) in [6, 6.07) is 15.0. The summed E-state index contributed by atoms with van der Waals surface area (Å²) < 4.78 is 5.13. The van der Waals surface area contributed by atoms with Crippen molar-refractivity contribution in [1.29, 1.82) is 0 Å². The van der Waals surface area contributed by atoms with Crippen LogP contribution in [-0.4, -0.2) is 59.8 Å². The van der Waals surface area contributed by atoms with Crippen molar-refractivity contribution in [2.75, 3.05) is 31.6 Å². The third-order valence-electron chi connectivity index (χ3n) is 6.15. The number of methoxy groups -OCH3 is 1. The maximum atomic E-state index is 13.2. The molecule has 0 spiro atoms. The topological polar surface area (TPSA) is 90.3 Å². The maximum absolute atomic E-state index is 13.2. The van der Waals surface area contributed by atoms with Crippen LogP contribution in [0.15, 0.2) is 48.5 Å². The number of piperazine rings is 1. The third kappa shape index (κ3) is 3.67. The molecule has 0 bridgehead atoms. The molecule has 1 saturated carbocycles. The van der Waals surface area contributed by atoms with Crippen LogP contribution in [-0.2, 0) is 16.0 Å². The number of carbonyl (C=O) groups is 2. The Kier molecular flexibility index (Phi) is 5.28. The van der Waals surface area contributed by atoms with Gasteiger partial charge in [-0.3, -0.25) is 9.59 Å². The minimum atomic E-state index is -1.24. The summed E-state index contributed by atoms with van der Waals surface area (Å²) in [5, 5.41) is 19.8. The Balaban J connectivity index is 1.59. The zero-order valence-electron chi connectivity index (χ0n) is 17.0. The third-order valence-corrected chi connectivity index (χ3v) is 6.15. The molecular formula is C23H26N2O5. The lowest BCUT2D eigenvalue weighted by atomic mass is 9.97. The highest BCUT2D eigenvalue weighted by Crippen LogP contribution is 2.48. The molecule has 2 aromatic carbocycles. The second-order valence-electron chi connectivity index (χ2n) is 8.03. The molecule has 1 saturated heterocycles. The van der Waals surface area contributed by atoms with Crippen molar-refractivity contribution in [2.45, 2.75) is 25.3 Å². The fourth-order valence-corrected chi connectivity index (χ4v) is 4.21. The molecule has 158 valence electrons. The van der Waals surface area contributed by atoms with Gasteiger partial charge in [0.2, 0.25) is 5.91 Å². The van der Waals surface area contributed by atoms with Gasteiger partial charge in [0, 0.05) is 31.4 Å². The van der Waals surface area contributed by atoms with Gasteiger partial charge < -0.3 is 24.7 Å². The lowest BCUT2D eigenvalue weighted by molar-refractivity contribution is -0.154. The highest BCUT2D eigenvalue weighted by molar-refractivity contribution is 6.05. The van der Waals surface area contributed by atoms with Gasteiger partial charge in [-0.25, -0.2) is 0 Å². The smallest absolute Gasteiger partial charge is 0.319 e. The largest absolute Gasteiger partial charge is 0.504 e. The number of rotatable bonds is 6. The van der Waals surface area contributed by atoms with Gasteiger partial charge in [0.25, 0.3) is 0 Å². The quantitative estimate of drug-likeness (QED) is 0.712. The highest BCUT2D eigenvalue weighted by Gasteiger charge is 2.59. The molecule has 4 rings (SSSR count). The molecule has 2 aromatic rings. The van der Waals surface area contributed by atoms with Gasteiger partial charge >= 0.3 is 5.97 Å². The standard InChI is InChI=1S/C23H26N2O5/c1-30-20-8-7-17(14-19(20)26)24-11-12-25(21(27)23(9-10-23)22(28)29)18(15-24)13-16-5-3-2-4-6-16/h2-8,14,18,26H,9-13,15H2,1H3,(H,28,29)/t18-/m0/s1. The molecule has 1 aliphatic heterocycles. The van der Waals surface area contributed by atoms with Crippen LogP contribution in [0.4, 0.5) is 5.69 Å². The number of anilines is 1. The predicted octanol–water partition coefficient (Wildman–Crippen LogP) is 2.53. The van der Waals surface area contributed by atoms with Gasteiger partial charge in [-0.1, -0.05) is 30.3 Å². The first-order valence-corrected chi connectivity index (χ1v) is 10.1. The minimum absolute atomic E-state index is 0.0657. The number of aliphatic carboxylic acids is 1. The molecule has 2 N–H and O–H groups in total. The van der Waals surface area contributed by atoms with Crippen LogP contribution in [0.3, 0.4) is 0 Å². The van der Waals surface area contributed by atoms with E-state index in [0.717, 1.165) is 11.3 Å². The number of benzene rings is 2. The molecule has 1 heterocycles. The number of carboxylic acid groups (broad SMARTS) is 1. The van der Waals surface area contributed by atoms with E-state index in [0.29, 0.717) is 44.6 Å². The summed E-state index contributed by atoms with van der Waals surface area (Å²) in [7, 11) is 1.51. The van der Waals surface area contributed by atoms with E-state index in [9.17, 15) is 19.8 Å². The lowest BCUT2D eigenvalue weighted by Crippen LogP contribution is -2.58. The van der Waals surface area contributed by atoms with Crippen molar-refractivity contribution in [3.63, 3.8) is 0 Å². The Labute approximate surface area is 175 Å². The number of hydrogen-bond acceptors (Lipinski definition) is 5. The normalized spacial score (nSPS) is 20.0. The molecule has 1 amide bonds. The number of aromatic hydroxyl groups is 1. The average molecular weight is 410 g/mol. The summed E-state index contributed by atoms with van der Waals surface area (Å²) in [4.78, 5) is 28.8. The molecule has 1 aliphatic carbocycles. The number of ether oxygens (including phenoxy) is 1. The first kappa shape index (κ1) is 20.1. The van der Waals surface area contributed by atoms with E-state index in [-0.39, 0.29) is 17.7 Å². The number of carboxylic acids is 1. The number of carbonyl (C=O) groups excluding carboxylic acids is 1. The fourth-order valence-electron chi connectivity index (χ4n) is 4.21. The summed E-state index contributed by atoms with van der Waals surface area (Å²) in [6.45, 7) is 1.57. The van der Waals surface area contributed by atoms with Crippen LogP contribution < -0.4 is 9.64 Å². The number of amides is 1. The van der Waals surface area contributed by atoms with Crippen molar-refractivity contribution in [3.05, 3.63) is 54.1 Å². The fraction of sp³-hybridized carbons (Fsp3) is 0.391. The maximum Gasteiger partial charge on any atom is 0.319 e. The zero-order valence-corrected chi connectivity index (χ0v) is 17.0. The Morgan fingerprint density at radius 3 is 2.47 bits per heavy atom. The van der Waals surface area contributed by atoms with Crippen molar-refractivity contribution in [2.24, 2.45) is 5.41 Å². The van der Waals surface area contributed by atoms with Gasteiger partial charge in [0.05, 0.1) is 13.2 Å². The number of nitrogens with zero attached hydrogens (tertiary/aromatic N) is 2. The monoisotopic (exact) mass is 410 g/mol.